The van der Waals surface area contributed by atoms with E-state index in [1.807, 2.05) is 19.3 Å². The van der Waals surface area contributed by atoms with Crippen molar-refractivity contribution >= 4 is 5.82 Å². The molecule has 0 aliphatic rings. The molecule has 19 heavy (non-hydrogen) atoms. The highest BCUT2D eigenvalue weighted by atomic mass is 15.2. The number of pyridine rings is 1. The van der Waals surface area contributed by atoms with Crippen LogP contribution in [-0.2, 0) is 6.54 Å². The van der Waals surface area contributed by atoms with Crippen LogP contribution >= 0.6 is 0 Å². The molecule has 1 aromatic carbocycles. The van der Waals surface area contributed by atoms with Gasteiger partial charge in [0, 0.05) is 25.8 Å². The van der Waals surface area contributed by atoms with Gasteiger partial charge in [0.25, 0.3) is 0 Å². The number of anilines is 1. The van der Waals surface area contributed by atoms with Crippen LogP contribution in [0.5, 0.6) is 0 Å². The van der Waals surface area contributed by atoms with E-state index in [4.69, 9.17) is 0 Å². The summed E-state index contributed by atoms with van der Waals surface area (Å²) in [5.41, 5.74) is 2.55. The van der Waals surface area contributed by atoms with E-state index < -0.39 is 0 Å². The molecule has 0 aliphatic carbocycles. The molecule has 100 valence electrons. The third kappa shape index (κ3) is 3.55. The molecule has 0 bridgehead atoms. The number of nitrogens with one attached hydrogen (secondary N) is 1. The molecule has 1 aromatic heterocycles. The predicted octanol–water partition coefficient (Wildman–Crippen LogP) is 3.00. The molecule has 0 spiro atoms. The van der Waals surface area contributed by atoms with E-state index in [-0.39, 0.29) is 0 Å². The van der Waals surface area contributed by atoms with Crippen LogP contribution in [0.3, 0.4) is 0 Å². The second-order valence-corrected chi connectivity index (χ2v) is 4.80. The van der Waals surface area contributed by atoms with Crippen molar-refractivity contribution in [3.63, 3.8) is 0 Å². The molecular formula is C16H21N3. The van der Waals surface area contributed by atoms with Crippen LogP contribution < -0.4 is 10.2 Å². The fraction of sp³-hybridized carbons (Fsp3) is 0.312. The number of benzene rings is 1. The Kier molecular flexibility index (Phi) is 4.53. The Hall–Kier alpha value is -1.87. The smallest absolute Gasteiger partial charge is 0.128 e. The molecule has 1 N–H and O–H groups in total. The van der Waals surface area contributed by atoms with Gasteiger partial charge in [0.15, 0.2) is 0 Å². The molecule has 0 aliphatic heterocycles. The molecule has 0 saturated carbocycles. The van der Waals surface area contributed by atoms with Gasteiger partial charge in [-0.1, -0.05) is 30.3 Å². The highest BCUT2D eigenvalue weighted by Crippen LogP contribution is 2.18. The van der Waals surface area contributed by atoms with Crippen LogP contribution in [0, 0.1) is 0 Å². The first-order valence-corrected chi connectivity index (χ1v) is 6.59. The van der Waals surface area contributed by atoms with Crippen molar-refractivity contribution < 1.29 is 0 Å². The summed E-state index contributed by atoms with van der Waals surface area (Å²) in [6.45, 7) is 3.02. The second-order valence-electron chi connectivity index (χ2n) is 4.80. The van der Waals surface area contributed by atoms with Gasteiger partial charge < -0.3 is 10.2 Å². The summed E-state index contributed by atoms with van der Waals surface area (Å²) in [6, 6.07) is 15.0. The van der Waals surface area contributed by atoms with Crippen molar-refractivity contribution in [1.82, 2.24) is 10.3 Å². The van der Waals surface area contributed by atoms with Crippen LogP contribution in [0.4, 0.5) is 5.82 Å². The first-order chi connectivity index (χ1) is 9.20. The quantitative estimate of drug-likeness (QED) is 0.890. The number of aromatic nitrogens is 1. The van der Waals surface area contributed by atoms with Gasteiger partial charge in [-0.15, -0.1) is 0 Å². The van der Waals surface area contributed by atoms with Crippen LogP contribution in [0.25, 0.3) is 0 Å². The maximum Gasteiger partial charge on any atom is 0.128 e. The average Bonchev–Trinajstić information content (AvgIpc) is 2.47. The predicted molar refractivity (Wildman–Crippen MR) is 80.3 cm³/mol. The zero-order chi connectivity index (χ0) is 13.7. The van der Waals surface area contributed by atoms with Crippen molar-refractivity contribution in [2.24, 2.45) is 0 Å². The SMILES string of the molecule is CNC(C)c1ccnc(N(C)Cc2ccccc2)c1. The summed E-state index contributed by atoms with van der Waals surface area (Å²) in [5, 5.41) is 3.25. The lowest BCUT2D eigenvalue weighted by Gasteiger charge is -2.20. The van der Waals surface area contributed by atoms with E-state index in [9.17, 15) is 0 Å². The molecule has 1 heterocycles. The summed E-state index contributed by atoms with van der Waals surface area (Å²) < 4.78 is 0. The largest absolute Gasteiger partial charge is 0.355 e. The molecule has 2 aromatic rings. The van der Waals surface area contributed by atoms with E-state index in [0.29, 0.717) is 6.04 Å². The molecule has 0 amide bonds. The van der Waals surface area contributed by atoms with Gasteiger partial charge in [-0.25, -0.2) is 4.98 Å². The minimum absolute atomic E-state index is 0.340. The molecule has 0 fully saturated rings. The Balaban J connectivity index is 2.13. The summed E-state index contributed by atoms with van der Waals surface area (Å²) >= 11 is 0. The lowest BCUT2D eigenvalue weighted by molar-refractivity contribution is 0.651. The molecular weight excluding hydrogens is 234 g/mol. The van der Waals surface area contributed by atoms with Gasteiger partial charge in [-0.3, -0.25) is 0 Å². The molecule has 1 unspecified atom stereocenters. The number of nitrogens with zero attached hydrogens (tertiary/aromatic N) is 2. The second kappa shape index (κ2) is 6.34. The van der Waals surface area contributed by atoms with Gasteiger partial charge in [-0.2, -0.15) is 0 Å². The van der Waals surface area contributed by atoms with Crippen LogP contribution in [0.15, 0.2) is 48.7 Å². The minimum Gasteiger partial charge on any atom is -0.355 e. The molecule has 3 heteroatoms. The maximum atomic E-state index is 4.45. The van der Waals surface area contributed by atoms with Gasteiger partial charge in [-0.05, 0) is 37.2 Å². The normalized spacial score (nSPS) is 12.2. The van der Waals surface area contributed by atoms with Gasteiger partial charge in [0.1, 0.15) is 5.82 Å². The molecule has 0 saturated heterocycles. The van der Waals surface area contributed by atoms with Crippen molar-refractivity contribution in [3.05, 3.63) is 59.8 Å². The topological polar surface area (TPSA) is 28.2 Å². The van der Waals surface area contributed by atoms with Crippen molar-refractivity contribution in [2.45, 2.75) is 19.5 Å². The highest BCUT2D eigenvalue weighted by Gasteiger charge is 2.07. The Bertz CT molecular complexity index is 510. The highest BCUT2D eigenvalue weighted by molar-refractivity contribution is 5.41. The Morgan fingerprint density at radius 2 is 1.95 bits per heavy atom. The summed E-state index contributed by atoms with van der Waals surface area (Å²) in [7, 11) is 4.04. The zero-order valence-electron chi connectivity index (χ0n) is 11.8. The lowest BCUT2D eigenvalue weighted by atomic mass is 10.1. The number of hydrogen-bond acceptors (Lipinski definition) is 3. The minimum atomic E-state index is 0.340. The monoisotopic (exact) mass is 255 g/mol. The Morgan fingerprint density at radius 3 is 2.63 bits per heavy atom. The maximum absolute atomic E-state index is 4.45. The van der Waals surface area contributed by atoms with E-state index >= 15 is 0 Å². The van der Waals surface area contributed by atoms with E-state index in [0.717, 1.165) is 12.4 Å². The van der Waals surface area contributed by atoms with Crippen molar-refractivity contribution in [1.29, 1.82) is 0 Å². The molecule has 1 atom stereocenters. The number of rotatable bonds is 5. The molecule has 0 radical (unpaired) electrons. The molecule has 2 rings (SSSR count). The lowest BCUT2D eigenvalue weighted by Crippen LogP contribution is -2.19. The summed E-state index contributed by atoms with van der Waals surface area (Å²) in [4.78, 5) is 6.62. The first-order valence-electron chi connectivity index (χ1n) is 6.59. The van der Waals surface area contributed by atoms with Crippen LogP contribution in [0.1, 0.15) is 24.1 Å². The first kappa shape index (κ1) is 13.6. The van der Waals surface area contributed by atoms with Crippen molar-refractivity contribution in [2.75, 3.05) is 19.0 Å². The van der Waals surface area contributed by atoms with Crippen LogP contribution in [0.2, 0.25) is 0 Å². The number of hydrogen-bond donors (Lipinski definition) is 1. The van der Waals surface area contributed by atoms with Gasteiger partial charge in [0.05, 0.1) is 0 Å². The van der Waals surface area contributed by atoms with E-state index in [1.165, 1.54) is 11.1 Å². The van der Waals surface area contributed by atoms with Gasteiger partial charge in [0.2, 0.25) is 0 Å². The van der Waals surface area contributed by atoms with Gasteiger partial charge >= 0.3 is 0 Å². The molecule has 3 nitrogen and oxygen atoms in total. The van der Waals surface area contributed by atoms with Crippen LogP contribution in [-0.4, -0.2) is 19.1 Å². The third-order valence-electron chi connectivity index (χ3n) is 3.36. The van der Waals surface area contributed by atoms with E-state index in [2.05, 4.69) is 65.6 Å². The van der Waals surface area contributed by atoms with E-state index in [1.54, 1.807) is 0 Å². The fourth-order valence-electron chi connectivity index (χ4n) is 2.02. The standard InChI is InChI=1S/C16H21N3/c1-13(17-2)15-9-10-18-16(11-15)19(3)12-14-7-5-4-6-8-14/h4-11,13,17H,12H2,1-3H3. The summed E-state index contributed by atoms with van der Waals surface area (Å²) in [6.07, 6.45) is 1.88. The Labute approximate surface area is 115 Å². The van der Waals surface area contributed by atoms with Crippen molar-refractivity contribution in [3.8, 4) is 0 Å². The summed E-state index contributed by atoms with van der Waals surface area (Å²) in [5.74, 6) is 1.00. The fourth-order valence-corrected chi connectivity index (χ4v) is 2.02. The average molecular weight is 255 g/mol. The third-order valence-corrected chi connectivity index (χ3v) is 3.36. The zero-order valence-corrected chi connectivity index (χ0v) is 11.8. The Morgan fingerprint density at radius 1 is 1.21 bits per heavy atom.